The smallest absolute Gasteiger partial charge is 0.433 e. The molecule has 0 unspecified atom stereocenters. The van der Waals surface area contributed by atoms with Crippen LogP contribution in [0.3, 0.4) is 0 Å². The van der Waals surface area contributed by atoms with Gasteiger partial charge in [0.2, 0.25) is 6.41 Å². The number of nitrogens with zero attached hydrogens (tertiary/aromatic N) is 3. The second-order valence-corrected chi connectivity index (χ2v) is 11.3. The second-order valence-electron chi connectivity index (χ2n) is 11.3. The topological polar surface area (TPSA) is 127 Å². The second kappa shape index (κ2) is 14.0. The molecule has 0 saturated heterocycles. The largest absolute Gasteiger partial charge is 0.483 e. The number of ether oxygens (including phenoxy) is 2. The van der Waals surface area contributed by atoms with Crippen LogP contribution in [0.5, 0.6) is 11.5 Å². The Morgan fingerprint density at radius 3 is 2.45 bits per heavy atom. The highest BCUT2D eigenvalue weighted by molar-refractivity contribution is 6.07. The van der Waals surface area contributed by atoms with E-state index >= 15 is 0 Å². The fourth-order valence-corrected chi connectivity index (χ4v) is 5.24. The van der Waals surface area contributed by atoms with Crippen molar-refractivity contribution in [3.8, 4) is 22.6 Å². The molecule has 0 saturated carbocycles. The fourth-order valence-electron chi connectivity index (χ4n) is 5.24. The first kappa shape index (κ1) is 32.0. The molecule has 2 amide bonds. The number of rotatable bonds is 11. The Morgan fingerprint density at radius 1 is 1.07 bits per heavy atom. The molecule has 0 aromatic heterocycles. The summed E-state index contributed by atoms with van der Waals surface area (Å²) in [5.74, 6) is 2.67. The van der Waals surface area contributed by atoms with Gasteiger partial charge in [0.15, 0.2) is 11.5 Å². The minimum atomic E-state index is -1.35. The SMILES string of the molecule is CCCC(=N/C(CC)=C(\C)Oc1cccc2c1OC(C)(C)C2)N(C=O)Cc1ccc(-c2ccccc2/C(N)=N/C(=O)O)cc1. The van der Waals surface area contributed by atoms with Gasteiger partial charge in [-0.2, -0.15) is 4.99 Å². The molecule has 3 aromatic rings. The maximum atomic E-state index is 12.3. The van der Waals surface area contributed by atoms with Crippen LogP contribution in [0, 0.1) is 0 Å². The van der Waals surface area contributed by atoms with E-state index < -0.39 is 6.09 Å². The zero-order chi connectivity index (χ0) is 31.9. The average Bonchev–Trinajstić information content (AvgIpc) is 3.33. The average molecular weight is 597 g/mol. The van der Waals surface area contributed by atoms with Crippen molar-refractivity contribution >= 4 is 24.2 Å². The molecule has 3 N–H and O–H groups in total. The molecule has 0 atom stereocenters. The molecular weight excluding hydrogens is 556 g/mol. The summed E-state index contributed by atoms with van der Waals surface area (Å²) in [5, 5.41) is 9.03. The number of nitrogens with two attached hydrogens (primary N) is 1. The van der Waals surface area contributed by atoms with Crippen LogP contribution in [0.25, 0.3) is 11.1 Å². The molecule has 9 nitrogen and oxygen atoms in total. The molecule has 230 valence electrons. The third kappa shape index (κ3) is 7.72. The summed E-state index contributed by atoms with van der Waals surface area (Å²) in [5.41, 5.74) is 10.6. The standard InChI is InChI=1S/C35H40N4O5/c1-6-11-31(37-29(7-2)23(3)43-30-15-10-12-26-20-35(4,5)44-32(26)30)39(22-40)21-24-16-18-25(19-17-24)27-13-8-9-14-28(27)33(36)38-34(41)42/h8-10,12-19,22H,6-7,11,20-21H2,1-5H3,(H2,36,38)(H,41,42)/b29-23+,37-31?. The van der Waals surface area contributed by atoms with Crippen LogP contribution in [0.2, 0.25) is 0 Å². The highest BCUT2D eigenvalue weighted by Crippen LogP contribution is 2.42. The molecular formula is C35H40N4O5. The number of carboxylic acid groups (broad SMARTS) is 1. The first-order chi connectivity index (χ1) is 21.0. The Hall–Kier alpha value is -4.92. The molecule has 9 heteroatoms. The van der Waals surface area contributed by atoms with Crippen LogP contribution in [0.4, 0.5) is 4.79 Å². The Kier molecular flexibility index (Phi) is 10.2. The number of fused-ring (bicyclic) bond motifs is 1. The Labute approximate surface area is 258 Å². The predicted molar refractivity (Wildman–Crippen MR) is 173 cm³/mol. The Morgan fingerprint density at radius 2 is 1.80 bits per heavy atom. The summed E-state index contributed by atoms with van der Waals surface area (Å²) in [7, 11) is 0. The van der Waals surface area contributed by atoms with Crippen molar-refractivity contribution in [2.24, 2.45) is 15.7 Å². The normalized spacial score (nSPS) is 14.8. The van der Waals surface area contributed by atoms with Gasteiger partial charge in [-0.15, -0.1) is 0 Å². The number of amidine groups is 2. The van der Waals surface area contributed by atoms with Crippen molar-refractivity contribution in [3.05, 3.63) is 94.9 Å². The summed E-state index contributed by atoms with van der Waals surface area (Å²) in [6.45, 7) is 10.4. The molecule has 0 radical (unpaired) electrons. The summed E-state index contributed by atoms with van der Waals surface area (Å²) in [6.07, 6.45) is 2.32. The number of para-hydroxylation sites is 1. The molecule has 0 aliphatic carbocycles. The van der Waals surface area contributed by atoms with Crippen molar-refractivity contribution < 1.29 is 24.2 Å². The number of carbonyl (C=O) groups excluding carboxylic acids is 1. The van der Waals surface area contributed by atoms with E-state index in [2.05, 4.69) is 31.8 Å². The third-order valence-electron chi connectivity index (χ3n) is 7.29. The van der Waals surface area contributed by atoms with Crippen molar-refractivity contribution in [2.75, 3.05) is 0 Å². The summed E-state index contributed by atoms with van der Waals surface area (Å²) in [6, 6.07) is 20.8. The molecule has 4 rings (SSSR count). The van der Waals surface area contributed by atoms with Crippen LogP contribution < -0.4 is 15.2 Å². The van der Waals surface area contributed by atoms with E-state index in [0.717, 1.165) is 53.0 Å². The van der Waals surface area contributed by atoms with Crippen molar-refractivity contribution in [3.63, 3.8) is 0 Å². The molecule has 3 aromatic carbocycles. The van der Waals surface area contributed by atoms with E-state index in [1.165, 1.54) is 0 Å². The van der Waals surface area contributed by atoms with E-state index in [1.54, 1.807) is 17.0 Å². The number of hydrogen-bond acceptors (Lipinski definition) is 5. The Bertz CT molecular complexity index is 1610. The first-order valence-corrected chi connectivity index (χ1v) is 14.8. The lowest BCUT2D eigenvalue weighted by atomic mass is 9.98. The number of aliphatic imine (C=N–C) groups is 2. The zero-order valence-electron chi connectivity index (χ0n) is 26.0. The van der Waals surface area contributed by atoms with E-state index in [-0.39, 0.29) is 11.4 Å². The summed E-state index contributed by atoms with van der Waals surface area (Å²) in [4.78, 5) is 33.4. The van der Waals surface area contributed by atoms with Gasteiger partial charge in [-0.3, -0.25) is 9.69 Å². The zero-order valence-corrected chi connectivity index (χ0v) is 26.0. The van der Waals surface area contributed by atoms with Crippen molar-refractivity contribution in [1.82, 2.24) is 4.90 Å². The van der Waals surface area contributed by atoms with Crippen LogP contribution >= 0.6 is 0 Å². The van der Waals surface area contributed by atoms with Gasteiger partial charge in [0.25, 0.3) is 0 Å². The van der Waals surface area contributed by atoms with Gasteiger partial charge >= 0.3 is 6.09 Å². The molecule has 0 bridgehead atoms. The van der Waals surface area contributed by atoms with Gasteiger partial charge in [0.05, 0.1) is 12.2 Å². The number of carbonyl (C=O) groups is 2. The monoisotopic (exact) mass is 596 g/mol. The van der Waals surface area contributed by atoms with Gasteiger partial charge in [0.1, 0.15) is 23.0 Å². The van der Waals surface area contributed by atoms with Gasteiger partial charge in [-0.1, -0.05) is 74.5 Å². The fraction of sp³-hybridized carbons (Fsp3) is 0.314. The van der Waals surface area contributed by atoms with E-state index in [1.807, 2.05) is 62.4 Å². The van der Waals surface area contributed by atoms with Gasteiger partial charge in [0, 0.05) is 24.0 Å². The first-order valence-electron chi connectivity index (χ1n) is 14.8. The van der Waals surface area contributed by atoms with Crippen molar-refractivity contribution in [2.45, 2.75) is 72.4 Å². The molecule has 1 heterocycles. The molecule has 1 aliphatic rings. The van der Waals surface area contributed by atoms with E-state index in [4.69, 9.17) is 25.3 Å². The van der Waals surface area contributed by atoms with Crippen LogP contribution in [-0.4, -0.2) is 39.8 Å². The molecule has 0 fully saturated rings. The maximum absolute atomic E-state index is 12.3. The van der Waals surface area contributed by atoms with Crippen LogP contribution in [0.1, 0.15) is 70.6 Å². The highest BCUT2D eigenvalue weighted by Gasteiger charge is 2.32. The minimum Gasteiger partial charge on any atom is -0.483 e. The Balaban J connectivity index is 1.58. The highest BCUT2D eigenvalue weighted by atomic mass is 16.5. The summed E-state index contributed by atoms with van der Waals surface area (Å²) < 4.78 is 12.5. The van der Waals surface area contributed by atoms with Crippen LogP contribution in [0.15, 0.2) is 88.2 Å². The number of hydrogen-bond donors (Lipinski definition) is 2. The third-order valence-corrected chi connectivity index (χ3v) is 7.29. The van der Waals surface area contributed by atoms with E-state index in [9.17, 15) is 9.59 Å². The van der Waals surface area contributed by atoms with Crippen LogP contribution in [-0.2, 0) is 17.8 Å². The lowest BCUT2D eigenvalue weighted by molar-refractivity contribution is -0.115. The van der Waals surface area contributed by atoms with Gasteiger partial charge in [-0.05, 0) is 56.4 Å². The number of allylic oxidation sites excluding steroid dienone is 2. The van der Waals surface area contributed by atoms with Crippen molar-refractivity contribution in [1.29, 1.82) is 0 Å². The predicted octanol–water partition coefficient (Wildman–Crippen LogP) is 7.33. The minimum absolute atomic E-state index is 0.0724. The molecule has 0 spiro atoms. The number of amides is 2. The summed E-state index contributed by atoms with van der Waals surface area (Å²) >= 11 is 0. The lowest BCUT2D eigenvalue weighted by Crippen LogP contribution is -2.29. The lowest BCUT2D eigenvalue weighted by Gasteiger charge is -2.21. The molecule has 44 heavy (non-hydrogen) atoms. The quantitative estimate of drug-likeness (QED) is 0.103. The van der Waals surface area contributed by atoms with Gasteiger partial charge in [-0.25, -0.2) is 9.79 Å². The molecule has 1 aliphatic heterocycles. The van der Waals surface area contributed by atoms with E-state index in [0.29, 0.717) is 42.3 Å². The maximum Gasteiger partial charge on any atom is 0.433 e. The van der Waals surface area contributed by atoms with Gasteiger partial charge < -0.3 is 20.3 Å². The number of benzene rings is 3.